The predicted molar refractivity (Wildman–Crippen MR) is 88.7 cm³/mol. The Hall–Kier alpha value is -1.19. The minimum absolute atomic E-state index is 0.183. The summed E-state index contributed by atoms with van der Waals surface area (Å²) in [6.07, 6.45) is 0.791. The summed E-state index contributed by atoms with van der Waals surface area (Å²) in [6.45, 7) is 8.82. The summed E-state index contributed by atoms with van der Waals surface area (Å²) in [5.74, 6) is 0.744. The molecule has 2 aromatic rings. The highest BCUT2D eigenvalue weighted by atomic mass is 35.5. The van der Waals surface area contributed by atoms with Crippen molar-refractivity contribution in [2.75, 3.05) is 5.73 Å². The van der Waals surface area contributed by atoms with E-state index >= 15 is 0 Å². The number of hydrogen-bond acceptors (Lipinski definition) is 3. The summed E-state index contributed by atoms with van der Waals surface area (Å²) in [4.78, 5) is 0. The second-order valence-corrected chi connectivity index (χ2v) is 7.28. The highest BCUT2D eigenvalue weighted by Gasteiger charge is 2.25. The molecule has 0 amide bonds. The van der Waals surface area contributed by atoms with Crippen LogP contribution < -0.4 is 5.73 Å². The lowest BCUT2D eigenvalue weighted by atomic mass is 9.79. The molecule has 0 fully saturated rings. The van der Waals surface area contributed by atoms with Crippen molar-refractivity contribution in [1.82, 2.24) is 5.16 Å². The average Bonchev–Trinajstić information content (AvgIpc) is 2.73. The molecule has 1 unspecified atom stereocenters. The number of halogens is 2. The molecule has 2 rings (SSSR count). The van der Waals surface area contributed by atoms with E-state index in [1.165, 1.54) is 0 Å². The smallest absolute Gasteiger partial charge is 0.230 e. The zero-order chi connectivity index (χ0) is 15.8. The van der Waals surface area contributed by atoms with E-state index < -0.39 is 0 Å². The van der Waals surface area contributed by atoms with Crippen LogP contribution in [-0.4, -0.2) is 5.16 Å². The lowest BCUT2D eigenvalue weighted by Crippen LogP contribution is -2.19. The first kappa shape index (κ1) is 16.2. The topological polar surface area (TPSA) is 52.0 Å². The fourth-order valence-electron chi connectivity index (χ4n) is 2.03. The van der Waals surface area contributed by atoms with Crippen molar-refractivity contribution in [1.29, 1.82) is 0 Å². The molecule has 0 aliphatic carbocycles. The molecule has 1 aromatic heterocycles. The largest absolute Gasteiger partial charge is 0.367 e. The Bertz CT molecular complexity index is 644. The minimum Gasteiger partial charge on any atom is -0.367 e. The molecular weight excluding hydrogens is 307 g/mol. The Morgan fingerprint density at radius 3 is 2.48 bits per heavy atom. The third-order valence-electron chi connectivity index (χ3n) is 3.98. The van der Waals surface area contributed by atoms with Crippen LogP contribution in [0.1, 0.15) is 33.4 Å². The summed E-state index contributed by atoms with van der Waals surface area (Å²) < 4.78 is 5.19. The number of rotatable bonds is 3. The monoisotopic (exact) mass is 326 g/mol. The van der Waals surface area contributed by atoms with Crippen LogP contribution in [0.5, 0.6) is 0 Å². The zero-order valence-corrected chi connectivity index (χ0v) is 14.2. The van der Waals surface area contributed by atoms with Gasteiger partial charge in [-0.1, -0.05) is 62.1 Å². The van der Waals surface area contributed by atoms with Gasteiger partial charge in [0.25, 0.3) is 0 Å². The number of benzene rings is 1. The lowest BCUT2D eigenvalue weighted by molar-refractivity contribution is 0.255. The van der Waals surface area contributed by atoms with Gasteiger partial charge >= 0.3 is 0 Å². The van der Waals surface area contributed by atoms with Gasteiger partial charge in [0.1, 0.15) is 0 Å². The van der Waals surface area contributed by atoms with Crippen LogP contribution >= 0.6 is 23.2 Å². The molecule has 114 valence electrons. The van der Waals surface area contributed by atoms with Crippen LogP contribution in [0.3, 0.4) is 0 Å². The normalized spacial score (nSPS) is 13.4. The van der Waals surface area contributed by atoms with Crippen LogP contribution in [0.25, 0.3) is 11.1 Å². The van der Waals surface area contributed by atoms with E-state index in [1.54, 1.807) is 12.1 Å². The second kappa shape index (κ2) is 5.90. The van der Waals surface area contributed by atoms with Crippen LogP contribution in [0.15, 0.2) is 22.7 Å². The maximum atomic E-state index is 6.09. The van der Waals surface area contributed by atoms with E-state index in [1.807, 2.05) is 6.07 Å². The van der Waals surface area contributed by atoms with Gasteiger partial charge in [-0.3, -0.25) is 0 Å². The molecule has 0 saturated heterocycles. The average molecular weight is 327 g/mol. The van der Waals surface area contributed by atoms with Crippen molar-refractivity contribution in [3.8, 4) is 11.1 Å². The van der Waals surface area contributed by atoms with Crippen LogP contribution in [0.2, 0.25) is 10.0 Å². The standard InChI is InChI=1S/C16H20Cl2N2O/c1-9(16(2,3)4)7-13-14(15(19)21-20-13)10-5-6-11(17)12(18)8-10/h5-6,8-9H,7,19H2,1-4H3. The van der Waals surface area contributed by atoms with Gasteiger partial charge in [-0.15, -0.1) is 0 Å². The Labute approximate surface area is 135 Å². The van der Waals surface area contributed by atoms with Gasteiger partial charge in [0.05, 0.1) is 21.3 Å². The van der Waals surface area contributed by atoms with E-state index in [-0.39, 0.29) is 5.41 Å². The first-order chi connectivity index (χ1) is 9.70. The molecule has 5 heteroatoms. The van der Waals surface area contributed by atoms with Gasteiger partial charge in [0.15, 0.2) is 0 Å². The lowest BCUT2D eigenvalue weighted by Gasteiger charge is -2.26. The van der Waals surface area contributed by atoms with E-state index in [2.05, 4.69) is 32.9 Å². The highest BCUT2D eigenvalue weighted by Crippen LogP contribution is 2.37. The van der Waals surface area contributed by atoms with Gasteiger partial charge in [0.2, 0.25) is 5.88 Å². The Morgan fingerprint density at radius 1 is 1.24 bits per heavy atom. The molecule has 21 heavy (non-hydrogen) atoms. The van der Waals surface area contributed by atoms with Crippen molar-refractivity contribution in [3.05, 3.63) is 33.9 Å². The van der Waals surface area contributed by atoms with Crippen LogP contribution in [-0.2, 0) is 6.42 Å². The minimum atomic E-state index is 0.183. The quantitative estimate of drug-likeness (QED) is 0.815. The van der Waals surface area contributed by atoms with Crippen molar-refractivity contribution in [3.63, 3.8) is 0 Å². The molecule has 2 N–H and O–H groups in total. The van der Waals surface area contributed by atoms with Crippen LogP contribution in [0.4, 0.5) is 5.88 Å². The molecule has 1 atom stereocenters. The Kier molecular flexibility index (Phi) is 4.54. The molecule has 0 spiro atoms. The molecule has 0 aliphatic rings. The maximum Gasteiger partial charge on any atom is 0.230 e. The fraction of sp³-hybridized carbons (Fsp3) is 0.438. The van der Waals surface area contributed by atoms with Crippen molar-refractivity contribution in [2.45, 2.75) is 34.1 Å². The van der Waals surface area contributed by atoms with E-state index in [0.29, 0.717) is 21.8 Å². The molecule has 0 saturated carbocycles. The molecule has 1 aromatic carbocycles. The fourth-order valence-corrected chi connectivity index (χ4v) is 2.33. The van der Waals surface area contributed by atoms with Gasteiger partial charge in [-0.05, 0) is 35.4 Å². The molecule has 1 heterocycles. The van der Waals surface area contributed by atoms with Crippen molar-refractivity contribution < 1.29 is 4.52 Å². The van der Waals surface area contributed by atoms with E-state index in [4.69, 9.17) is 33.5 Å². The third-order valence-corrected chi connectivity index (χ3v) is 4.71. The maximum absolute atomic E-state index is 6.09. The predicted octanol–water partition coefficient (Wildman–Crippen LogP) is 5.46. The van der Waals surface area contributed by atoms with Gasteiger partial charge in [-0.25, -0.2) is 0 Å². The first-order valence-corrected chi connectivity index (χ1v) is 7.65. The first-order valence-electron chi connectivity index (χ1n) is 6.89. The SMILES string of the molecule is CC(Cc1noc(N)c1-c1ccc(Cl)c(Cl)c1)C(C)(C)C. The van der Waals surface area contributed by atoms with Crippen LogP contribution in [0, 0.1) is 11.3 Å². The molecule has 0 aliphatic heterocycles. The Morgan fingerprint density at radius 2 is 1.90 bits per heavy atom. The number of anilines is 1. The summed E-state index contributed by atoms with van der Waals surface area (Å²) >= 11 is 12.1. The number of nitrogens with zero attached hydrogens (tertiary/aromatic N) is 1. The number of hydrogen-bond donors (Lipinski definition) is 1. The van der Waals surface area contributed by atoms with Gasteiger partial charge < -0.3 is 10.3 Å². The molecule has 0 radical (unpaired) electrons. The Balaban J connectivity index is 2.40. The summed E-state index contributed by atoms with van der Waals surface area (Å²) in [5, 5.41) is 5.13. The molecule has 0 bridgehead atoms. The van der Waals surface area contributed by atoms with E-state index in [0.717, 1.165) is 23.2 Å². The summed E-state index contributed by atoms with van der Waals surface area (Å²) in [6, 6.07) is 5.42. The molecule has 3 nitrogen and oxygen atoms in total. The third kappa shape index (κ3) is 3.53. The summed E-state index contributed by atoms with van der Waals surface area (Å²) in [7, 11) is 0. The molecular formula is C16H20Cl2N2O. The number of nitrogen functional groups attached to an aromatic ring is 1. The van der Waals surface area contributed by atoms with Crippen molar-refractivity contribution >= 4 is 29.1 Å². The van der Waals surface area contributed by atoms with E-state index in [9.17, 15) is 0 Å². The highest BCUT2D eigenvalue weighted by molar-refractivity contribution is 6.42. The number of aromatic nitrogens is 1. The van der Waals surface area contributed by atoms with Gasteiger partial charge in [-0.2, -0.15) is 0 Å². The second-order valence-electron chi connectivity index (χ2n) is 6.47. The van der Waals surface area contributed by atoms with Gasteiger partial charge in [0, 0.05) is 0 Å². The van der Waals surface area contributed by atoms with Crippen molar-refractivity contribution in [2.24, 2.45) is 11.3 Å². The zero-order valence-electron chi connectivity index (χ0n) is 12.7. The summed E-state index contributed by atoms with van der Waals surface area (Å²) in [5.41, 5.74) is 8.66. The number of nitrogens with two attached hydrogens (primary N) is 1.